The molecule has 48 heavy (non-hydrogen) atoms. The molecule has 0 N–H and O–H groups in total. The standard InChI is InChI=1S/C44H30N4/c1-5-20-45-41(12-1)37-25-35(26-38(29-37)42-13-2-6-21-46-42)32-18-16-31(17-19-32)33-10-9-11-34(24-33)36-27-39(43-14-3-7-22-47-43)30-40(28-36)44-15-4-8-23-48-44/h1-30H. The van der Waals surface area contributed by atoms with Crippen LogP contribution in [0.4, 0.5) is 0 Å². The Balaban J connectivity index is 1.16. The van der Waals surface area contributed by atoms with Gasteiger partial charge in [0, 0.05) is 47.0 Å². The van der Waals surface area contributed by atoms with Crippen molar-refractivity contribution in [1.29, 1.82) is 0 Å². The molecule has 0 fully saturated rings. The summed E-state index contributed by atoms with van der Waals surface area (Å²) in [6, 6.07) is 54.7. The molecular formula is C44H30N4. The molecule has 0 spiro atoms. The van der Waals surface area contributed by atoms with Gasteiger partial charge in [-0.05, 0) is 124 Å². The lowest BCUT2D eigenvalue weighted by molar-refractivity contribution is 1.31. The van der Waals surface area contributed by atoms with Gasteiger partial charge >= 0.3 is 0 Å². The molecule has 0 saturated heterocycles. The van der Waals surface area contributed by atoms with Crippen LogP contribution in [0.25, 0.3) is 78.4 Å². The lowest BCUT2D eigenvalue weighted by atomic mass is 9.93. The zero-order chi connectivity index (χ0) is 32.1. The van der Waals surface area contributed by atoms with Crippen LogP contribution in [0.2, 0.25) is 0 Å². The minimum atomic E-state index is 0.932. The topological polar surface area (TPSA) is 51.6 Å². The Kier molecular flexibility index (Phi) is 7.87. The van der Waals surface area contributed by atoms with E-state index in [1.165, 1.54) is 0 Å². The van der Waals surface area contributed by atoms with E-state index in [1.54, 1.807) is 0 Å². The average Bonchev–Trinajstić information content (AvgIpc) is 3.19. The number of hydrogen-bond donors (Lipinski definition) is 0. The molecule has 0 unspecified atom stereocenters. The molecule has 0 bridgehead atoms. The second-order valence-electron chi connectivity index (χ2n) is 11.6. The highest BCUT2D eigenvalue weighted by molar-refractivity contribution is 5.83. The van der Waals surface area contributed by atoms with Crippen LogP contribution in [0.1, 0.15) is 0 Å². The van der Waals surface area contributed by atoms with Crippen molar-refractivity contribution in [3.05, 3.63) is 183 Å². The molecular weight excluding hydrogens is 585 g/mol. The fourth-order valence-corrected chi connectivity index (χ4v) is 6.05. The number of rotatable bonds is 7. The second kappa shape index (κ2) is 13.1. The van der Waals surface area contributed by atoms with E-state index >= 15 is 0 Å². The number of nitrogens with zero attached hydrogens (tertiary/aromatic N) is 4. The molecule has 4 nitrogen and oxygen atoms in total. The summed E-state index contributed by atoms with van der Waals surface area (Å²) < 4.78 is 0. The largest absolute Gasteiger partial charge is 0.256 e. The molecule has 8 aromatic rings. The quantitative estimate of drug-likeness (QED) is 0.179. The van der Waals surface area contributed by atoms with Gasteiger partial charge in [-0.1, -0.05) is 66.7 Å². The maximum absolute atomic E-state index is 4.63. The molecule has 0 radical (unpaired) electrons. The van der Waals surface area contributed by atoms with Crippen molar-refractivity contribution >= 4 is 0 Å². The van der Waals surface area contributed by atoms with Crippen molar-refractivity contribution in [3.63, 3.8) is 0 Å². The summed E-state index contributed by atoms with van der Waals surface area (Å²) in [5.74, 6) is 0. The Morgan fingerprint density at radius 1 is 0.208 bits per heavy atom. The third-order valence-electron chi connectivity index (χ3n) is 8.46. The summed E-state index contributed by atoms with van der Waals surface area (Å²) in [4.78, 5) is 18.5. The van der Waals surface area contributed by atoms with Crippen LogP contribution < -0.4 is 0 Å². The lowest BCUT2D eigenvalue weighted by Crippen LogP contribution is -1.90. The smallest absolute Gasteiger partial charge is 0.0702 e. The van der Waals surface area contributed by atoms with E-state index in [1.807, 2.05) is 97.6 Å². The van der Waals surface area contributed by atoms with Gasteiger partial charge in [0.15, 0.2) is 0 Å². The van der Waals surface area contributed by atoms with Gasteiger partial charge in [-0.25, -0.2) is 0 Å². The molecule has 4 heteroatoms. The number of benzene rings is 4. The van der Waals surface area contributed by atoms with Gasteiger partial charge in [-0.2, -0.15) is 0 Å². The SMILES string of the molecule is c1ccc(-c2cc(-c3ccc(-c4cccc(-c5cc(-c6ccccn6)cc(-c6ccccn6)c5)c4)cc3)cc(-c3ccccn3)c2)nc1. The van der Waals surface area contributed by atoms with Crippen LogP contribution >= 0.6 is 0 Å². The van der Waals surface area contributed by atoms with Crippen molar-refractivity contribution in [1.82, 2.24) is 19.9 Å². The molecule has 0 aliphatic heterocycles. The molecule has 0 saturated carbocycles. The third-order valence-corrected chi connectivity index (χ3v) is 8.46. The number of pyridine rings is 4. The van der Waals surface area contributed by atoms with E-state index < -0.39 is 0 Å². The summed E-state index contributed by atoms with van der Waals surface area (Å²) in [5.41, 5.74) is 14.8. The molecule has 0 aliphatic carbocycles. The summed E-state index contributed by atoms with van der Waals surface area (Å²) in [6.45, 7) is 0. The first-order chi connectivity index (χ1) is 23.8. The van der Waals surface area contributed by atoms with Crippen LogP contribution in [0.15, 0.2) is 183 Å². The summed E-state index contributed by atoms with van der Waals surface area (Å²) in [6.07, 6.45) is 7.33. The van der Waals surface area contributed by atoms with E-state index in [2.05, 4.69) is 105 Å². The van der Waals surface area contributed by atoms with Crippen LogP contribution in [0, 0.1) is 0 Å². The third kappa shape index (κ3) is 6.15. The monoisotopic (exact) mass is 614 g/mol. The number of hydrogen-bond acceptors (Lipinski definition) is 4. The maximum atomic E-state index is 4.63. The minimum Gasteiger partial charge on any atom is -0.256 e. The first-order valence-corrected chi connectivity index (χ1v) is 15.9. The normalized spacial score (nSPS) is 10.9. The molecule has 4 aromatic carbocycles. The van der Waals surface area contributed by atoms with E-state index in [0.29, 0.717) is 0 Å². The summed E-state index contributed by atoms with van der Waals surface area (Å²) in [5, 5.41) is 0. The van der Waals surface area contributed by atoms with Gasteiger partial charge in [0.05, 0.1) is 22.8 Å². The lowest BCUT2D eigenvalue weighted by Gasteiger charge is -2.12. The molecule has 4 heterocycles. The minimum absolute atomic E-state index is 0.932. The Morgan fingerprint density at radius 3 is 0.854 bits per heavy atom. The Labute approximate surface area is 280 Å². The molecule has 8 rings (SSSR count). The van der Waals surface area contributed by atoms with Gasteiger partial charge in [-0.15, -0.1) is 0 Å². The van der Waals surface area contributed by atoms with Gasteiger partial charge in [0.1, 0.15) is 0 Å². The molecule has 226 valence electrons. The van der Waals surface area contributed by atoms with E-state index in [9.17, 15) is 0 Å². The zero-order valence-electron chi connectivity index (χ0n) is 26.1. The van der Waals surface area contributed by atoms with Crippen LogP contribution in [0.3, 0.4) is 0 Å². The predicted molar refractivity (Wildman–Crippen MR) is 196 cm³/mol. The fraction of sp³-hybridized carbons (Fsp3) is 0. The van der Waals surface area contributed by atoms with Crippen molar-refractivity contribution in [2.24, 2.45) is 0 Å². The first kappa shape index (κ1) is 28.9. The Bertz CT molecular complexity index is 2190. The summed E-state index contributed by atoms with van der Waals surface area (Å²) in [7, 11) is 0. The highest BCUT2D eigenvalue weighted by Gasteiger charge is 2.12. The van der Waals surface area contributed by atoms with E-state index in [0.717, 1.165) is 78.4 Å². The van der Waals surface area contributed by atoms with Crippen LogP contribution in [-0.4, -0.2) is 19.9 Å². The summed E-state index contributed by atoms with van der Waals surface area (Å²) >= 11 is 0. The predicted octanol–water partition coefficient (Wildman–Crippen LogP) is 10.9. The van der Waals surface area contributed by atoms with Gasteiger partial charge in [-0.3, -0.25) is 19.9 Å². The highest BCUT2D eigenvalue weighted by Crippen LogP contribution is 2.35. The zero-order valence-corrected chi connectivity index (χ0v) is 26.1. The van der Waals surface area contributed by atoms with Gasteiger partial charge < -0.3 is 0 Å². The maximum Gasteiger partial charge on any atom is 0.0702 e. The van der Waals surface area contributed by atoms with Crippen molar-refractivity contribution in [2.75, 3.05) is 0 Å². The second-order valence-corrected chi connectivity index (χ2v) is 11.6. The van der Waals surface area contributed by atoms with Gasteiger partial charge in [0.25, 0.3) is 0 Å². The van der Waals surface area contributed by atoms with Crippen LogP contribution in [-0.2, 0) is 0 Å². The van der Waals surface area contributed by atoms with E-state index in [4.69, 9.17) is 0 Å². The molecule has 4 aromatic heterocycles. The first-order valence-electron chi connectivity index (χ1n) is 15.9. The molecule has 0 amide bonds. The molecule has 0 aliphatic rings. The highest BCUT2D eigenvalue weighted by atomic mass is 14.7. The van der Waals surface area contributed by atoms with Crippen molar-refractivity contribution in [3.8, 4) is 78.4 Å². The van der Waals surface area contributed by atoms with Gasteiger partial charge in [0.2, 0.25) is 0 Å². The fourth-order valence-electron chi connectivity index (χ4n) is 6.05. The average molecular weight is 615 g/mol. The number of aromatic nitrogens is 4. The molecule has 0 atom stereocenters. The Morgan fingerprint density at radius 2 is 0.500 bits per heavy atom. The van der Waals surface area contributed by atoms with Crippen molar-refractivity contribution < 1.29 is 0 Å². The van der Waals surface area contributed by atoms with E-state index in [-0.39, 0.29) is 0 Å². The Hall–Kier alpha value is -6.52. The van der Waals surface area contributed by atoms with Crippen LogP contribution in [0.5, 0.6) is 0 Å². The van der Waals surface area contributed by atoms with Crippen molar-refractivity contribution in [2.45, 2.75) is 0 Å².